The van der Waals surface area contributed by atoms with Crippen LogP contribution in [0.3, 0.4) is 0 Å². The van der Waals surface area contributed by atoms with E-state index in [1.165, 1.54) is 0 Å². The third kappa shape index (κ3) is 3.04. The van der Waals surface area contributed by atoms with E-state index in [1.54, 1.807) is 15.8 Å². The van der Waals surface area contributed by atoms with Gasteiger partial charge in [-0.3, -0.25) is 9.59 Å². The number of hydrogen-bond donors (Lipinski definition) is 1. The average molecular weight is 338 g/mol. The Hall–Kier alpha value is -2.63. The predicted molar refractivity (Wildman–Crippen MR) is 94.3 cm³/mol. The number of carbonyl (C=O) groups is 2. The molecule has 1 unspecified atom stereocenters. The molecule has 25 heavy (non-hydrogen) atoms. The van der Waals surface area contributed by atoms with Crippen molar-refractivity contribution in [1.82, 2.24) is 14.7 Å². The number of hydrogen-bond acceptors (Lipinski definition) is 3. The van der Waals surface area contributed by atoms with Crippen LogP contribution in [-0.4, -0.2) is 39.1 Å². The lowest BCUT2D eigenvalue weighted by molar-refractivity contribution is -0.140. The Kier molecular flexibility index (Phi) is 3.82. The number of nitrogens with zero attached hydrogens (tertiary/aromatic N) is 3. The molecule has 2 amide bonds. The zero-order valence-electron chi connectivity index (χ0n) is 14.3. The van der Waals surface area contributed by atoms with Crippen molar-refractivity contribution < 1.29 is 9.59 Å². The normalized spacial score (nSPS) is 21.2. The fourth-order valence-electron chi connectivity index (χ4n) is 3.40. The molecule has 2 heterocycles. The molecule has 1 saturated heterocycles. The lowest BCUT2D eigenvalue weighted by Gasteiger charge is -2.26. The van der Waals surface area contributed by atoms with Crippen LogP contribution in [0.4, 0.5) is 5.69 Å². The van der Waals surface area contributed by atoms with E-state index in [9.17, 15) is 9.59 Å². The molecule has 1 aliphatic heterocycles. The number of anilines is 1. The van der Waals surface area contributed by atoms with Gasteiger partial charge in [-0.05, 0) is 49.9 Å². The molecule has 1 saturated carbocycles. The largest absolute Gasteiger partial charge is 0.330 e. The summed E-state index contributed by atoms with van der Waals surface area (Å²) in [6, 6.07) is 9.05. The lowest BCUT2D eigenvalue weighted by Crippen LogP contribution is -2.45. The zero-order chi connectivity index (χ0) is 17.4. The van der Waals surface area contributed by atoms with Crippen LogP contribution in [0.2, 0.25) is 0 Å². The van der Waals surface area contributed by atoms with E-state index >= 15 is 0 Å². The molecule has 1 atom stereocenters. The first kappa shape index (κ1) is 15.9. The predicted octanol–water partition coefficient (Wildman–Crippen LogP) is 2.60. The van der Waals surface area contributed by atoms with Crippen LogP contribution in [0.15, 0.2) is 42.7 Å². The summed E-state index contributed by atoms with van der Waals surface area (Å²) >= 11 is 0. The van der Waals surface area contributed by atoms with Gasteiger partial charge in [0.05, 0.1) is 5.69 Å². The highest BCUT2D eigenvalue weighted by Crippen LogP contribution is 2.47. The number of nitrogens with one attached hydrogen (secondary N) is 1. The molecule has 6 heteroatoms. The Balaban J connectivity index is 1.48. The molecule has 2 aromatic rings. The van der Waals surface area contributed by atoms with Crippen LogP contribution in [-0.2, 0) is 9.59 Å². The van der Waals surface area contributed by atoms with Gasteiger partial charge in [-0.2, -0.15) is 5.10 Å². The second kappa shape index (κ2) is 6.02. The highest BCUT2D eigenvalue weighted by Gasteiger charge is 2.50. The van der Waals surface area contributed by atoms with Gasteiger partial charge in [0.2, 0.25) is 11.8 Å². The number of benzene rings is 1. The van der Waals surface area contributed by atoms with Gasteiger partial charge in [0, 0.05) is 30.0 Å². The first-order valence-electron chi connectivity index (χ1n) is 8.79. The van der Waals surface area contributed by atoms with Gasteiger partial charge in [-0.25, -0.2) is 4.68 Å². The Morgan fingerprint density at radius 1 is 1.28 bits per heavy atom. The summed E-state index contributed by atoms with van der Waals surface area (Å²) in [7, 11) is 0. The van der Waals surface area contributed by atoms with Gasteiger partial charge in [0.25, 0.3) is 0 Å². The Morgan fingerprint density at radius 2 is 2.12 bits per heavy atom. The van der Waals surface area contributed by atoms with Crippen molar-refractivity contribution in [3.05, 3.63) is 42.7 Å². The van der Waals surface area contributed by atoms with E-state index in [0.29, 0.717) is 6.54 Å². The molecule has 1 aromatic heterocycles. The van der Waals surface area contributed by atoms with Crippen LogP contribution in [0.25, 0.3) is 5.69 Å². The maximum atomic E-state index is 12.7. The van der Waals surface area contributed by atoms with Crippen LogP contribution in [0.5, 0.6) is 0 Å². The van der Waals surface area contributed by atoms with Gasteiger partial charge >= 0.3 is 0 Å². The molecular formula is C19H22N4O2. The Labute approximate surface area is 146 Å². The van der Waals surface area contributed by atoms with E-state index in [1.807, 2.05) is 43.5 Å². The minimum absolute atomic E-state index is 0.104. The molecule has 1 aliphatic carbocycles. The summed E-state index contributed by atoms with van der Waals surface area (Å²) in [5.41, 5.74) is 1.37. The van der Waals surface area contributed by atoms with Crippen molar-refractivity contribution in [2.24, 2.45) is 5.41 Å². The van der Waals surface area contributed by atoms with E-state index < -0.39 is 0 Å². The van der Waals surface area contributed by atoms with Crippen molar-refractivity contribution >= 4 is 17.5 Å². The summed E-state index contributed by atoms with van der Waals surface area (Å²) in [6.07, 6.45) is 7.05. The van der Waals surface area contributed by atoms with Crippen molar-refractivity contribution in [3.63, 3.8) is 0 Å². The second-order valence-corrected chi connectivity index (χ2v) is 7.21. The van der Waals surface area contributed by atoms with Crippen molar-refractivity contribution in [2.45, 2.75) is 38.6 Å². The van der Waals surface area contributed by atoms with E-state index in [-0.39, 0.29) is 23.3 Å². The summed E-state index contributed by atoms with van der Waals surface area (Å²) in [5, 5.41) is 7.17. The van der Waals surface area contributed by atoms with Crippen molar-refractivity contribution in [3.8, 4) is 5.69 Å². The molecule has 6 nitrogen and oxygen atoms in total. The minimum atomic E-state index is -0.363. The summed E-state index contributed by atoms with van der Waals surface area (Å²) < 4.78 is 1.75. The maximum Gasteiger partial charge on any atom is 0.247 e. The molecule has 0 spiro atoms. The van der Waals surface area contributed by atoms with Crippen molar-refractivity contribution in [2.75, 3.05) is 11.9 Å². The Morgan fingerprint density at radius 3 is 2.84 bits per heavy atom. The zero-order valence-corrected chi connectivity index (χ0v) is 14.3. The first-order chi connectivity index (χ1) is 12.1. The minimum Gasteiger partial charge on any atom is -0.330 e. The topological polar surface area (TPSA) is 67.2 Å². The molecule has 0 radical (unpaired) electrons. The van der Waals surface area contributed by atoms with Crippen LogP contribution in [0, 0.1) is 5.41 Å². The second-order valence-electron chi connectivity index (χ2n) is 7.21. The van der Waals surface area contributed by atoms with Gasteiger partial charge in [-0.15, -0.1) is 0 Å². The number of amides is 2. The third-order valence-electron chi connectivity index (χ3n) is 5.22. The van der Waals surface area contributed by atoms with Gasteiger partial charge in [0.1, 0.15) is 6.04 Å². The standard InChI is InChI=1S/C19H22N4O2/c1-19(8-9-19)18(25)22-11-3-7-16(22)17(24)21-14-5-2-6-15(13-14)23-12-4-10-20-23/h2,4-6,10,12-13,16H,3,7-9,11H2,1H3,(H,21,24). The van der Waals surface area contributed by atoms with Crippen LogP contribution >= 0.6 is 0 Å². The van der Waals surface area contributed by atoms with E-state index in [2.05, 4.69) is 10.4 Å². The highest BCUT2D eigenvalue weighted by atomic mass is 16.2. The quantitative estimate of drug-likeness (QED) is 0.932. The molecular weight excluding hydrogens is 316 g/mol. The van der Waals surface area contributed by atoms with Crippen molar-refractivity contribution in [1.29, 1.82) is 0 Å². The molecule has 4 rings (SSSR count). The molecule has 2 fully saturated rings. The van der Waals surface area contributed by atoms with E-state index in [0.717, 1.165) is 37.1 Å². The van der Waals surface area contributed by atoms with Gasteiger partial charge < -0.3 is 10.2 Å². The smallest absolute Gasteiger partial charge is 0.247 e. The third-order valence-corrected chi connectivity index (χ3v) is 5.22. The maximum absolute atomic E-state index is 12.7. The summed E-state index contributed by atoms with van der Waals surface area (Å²) in [4.78, 5) is 27.2. The van der Waals surface area contributed by atoms with Crippen LogP contribution < -0.4 is 5.32 Å². The summed E-state index contributed by atoms with van der Waals surface area (Å²) in [5.74, 6) is 0.0307. The number of rotatable bonds is 4. The lowest BCUT2D eigenvalue weighted by atomic mass is 10.1. The van der Waals surface area contributed by atoms with Crippen LogP contribution in [0.1, 0.15) is 32.6 Å². The van der Waals surface area contributed by atoms with E-state index in [4.69, 9.17) is 0 Å². The average Bonchev–Trinajstić information content (AvgIpc) is 3.07. The molecule has 2 aliphatic rings. The first-order valence-corrected chi connectivity index (χ1v) is 8.79. The number of aromatic nitrogens is 2. The summed E-state index contributed by atoms with van der Waals surface area (Å²) in [6.45, 7) is 2.68. The fourth-order valence-corrected chi connectivity index (χ4v) is 3.40. The van der Waals surface area contributed by atoms with Gasteiger partial charge in [0.15, 0.2) is 0 Å². The molecule has 0 bridgehead atoms. The highest BCUT2D eigenvalue weighted by molar-refractivity contribution is 5.98. The SMILES string of the molecule is CC1(C(=O)N2CCCC2C(=O)Nc2cccc(-n3cccn3)c2)CC1. The fraction of sp³-hybridized carbons (Fsp3) is 0.421. The molecule has 1 aromatic carbocycles. The Bertz CT molecular complexity index is 796. The number of carbonyl (C=O) groups excluding carboxylic acids is 2. The van der Waals surface area contributed by atoms with Gasteiger partial charge in [-0.1, -0.05) is 13.0 Å². The monoisotopic (exact) mass is 338 g/mol. The molecule has 130 valence electrons. The number of likely N-dealkylation sites (tertiary alicyclic amines) is 1. The molecule has 1 N–H and O–H groups in total.